The van der Waals surface area contributed by atoms with Crippen LogP contribution in [0, 0.1) is 56.8 Å². The van der Waals surface area contributed by atoms with Gasteiger partial charge in [-0.3, -0.25) is 9.59 Å². The van der Waals surface area contributed by atoms with Crippen molar-refractivity contribution < 1.29 is 24.2 Å². The zero-order valence-corrected chi connectivity index (χ0v) is 24.8. The first-order valence-corrected chi connectivity index (χ1v) is 14.9. The molecule has 3 saturated carbocycles. The van der Waals surface area contributed by atoms with Gasteiger partial charge in [-0.2, -0.15) is 0 Å². The number of methoxy groups -OCH3 is 1. The average molecular weight is 536 g/mol. The molecule has 0 aromatic carbocycles. The van der Waals surface area contributed by atoms with Gasteiger partial charge in [-0.25, -0.2) is 4.85 Å². The van der Waals surface area contributed by atoms with E-state index in [-0.39, 0.29) is 51.4 Å². The number of ketones is 1. The second-order valence-corrected chi connectivity index (χ2v) is 15.5. The van der Waals surface area contributed by atoms with Crippen LogP contribution in [0.4, 0.5) is 0 Å². The van der Waals surface area contributed by atoms with Crippen LogP contribution in [0.1, 0.15) is 92.9 Å². The molecule has 1 heterocycles. The minimum Gasteiger partial charge on any atom is -0.469 e. The van der Waals surface area contributed by atoms with Crippen molar-refractivity contribution in [3.8, 4) is 0 Å². The molecule has 0 aromatic heterocycles. The Labute approximate surface area is 233 Å². The van der Waals surface area contributed by atoms with Crippen LogP contribution in [0.2, 0.25) is 0 Å². The van der Waals surface area contributed by atoms with Crippen molar-refractivity contribution in [2.24, 2.45) is 50.2 Å². The van der Waals surface area contributed by atoms with E-state index >= 15 is 0 Å². The summed E-state index contributed by atoms with van der Waals surface area (Å²) < 4.78 is 11.3. The molecule has 1 saturated heterocycles. The number of hydrogen-bond acceptors (Lipinski definition) is 5. The van der Waals surface area contributed by atoms with Crippen molar-refractivity contribution in [1.29, 1.82) is 0 Å². The molecule has 212 valence electrons. The number of carbonyl (C=O) groups excluding carboxylic acids is 2. The van der Waals surface area contributed by atoms with E-state index in [0.717, 1.165) is 50.5 Å². The Hall–Kier alpha value is -1.97. The molecule has 0 spiro atoms. The molecule has 0 aromatic rings. The molecule has 6 heteroatoms. The monoisotopic (exact) mass is 535 g/mol. The number of hydrogen-bond donors (Lipinski definition) is 1. The number of ether oxygens (including phenoxy) is 2. The standard InChI is InChI=1S/C33H45NO5/c1-27(2)11-13-32(26(36)38-8)14-12-31(6)25(20(32)18-27)21(35)17-23-28(3)19-24(34-7)33(37)30(5,15-16-39-33)22(28)9-10-29(23,31)4/h17,19-20,22,25,37H,9-16,18H2,1-6,8H3/t20-,22+,25-,28-,29+,30-,31+,32-,33?/m0/s1. The van der Waals surface area contributed by atoms with Crippen molar-refractivity contribution in [3.63, 3.8) is 0 Å². The van der Waals surface area contributed by atoms with Crippen LogP contribution >= 0.6 is 0 Å². The van der Waals surface area contributed by atoms with Gasteiger partial charge in [0, 0.05) is 23.4 Å². The van der Waals surface area contributed by atoms with Crippen LogP contribution in [0.5, 0.6) is 0 Å². The molecular formula is C33H45NO5. The highest BCUT2D eigenvalue weighted by Gasteiger charge is 2.73. The minimum absolute atomic E-state index is 0.0494. The molecular weight excluding hydrogens is 490 g/mol. The second kappa shape index (κ2) is 7.85. The van der Waals surface area contributed by atoms with Crippen molar-refractivity contribution in [2.75, 3.05) is 13.7 Å². The van der Waals surface area contributed by atoms with Gasteiger partial charge in [-0.1, -0.05) is 53.2 Å². The molecule has 6 rings (SSSR count). The van der Waals surface area contributed by atoms with E-state index in [9.17, 15) is 14.7 Å². The normalized spacial score (nSPS) is 51.6. The lowest BCUT2D eigenvalue weighted by Crippen LogP contribution is -2.67. The molecule has 0 bridgehead atoms. The molecule has 39 heavy (non-hydrogen) atoms. The fourth-order valence-electron chi connectivity index (χ4n) is 11.1. The number of nitrogens with zero attached hydrogens (tertiary/aromatic N) is 1. The summed E-state index contributed by atoms with van der Waals surface area (Å²) in [6.07, 6.45) is 10.5. The predicted octanol–water partition coefficient (Wildman–Crippen LogP) is 6.25. The van der Waals surface area contributed by atoms with Gasteiger partial charge in [0.05, 0.1) is 19.1 Å². The zero-order chi connectivity index (χ0) is 28.4. The third-order valence-corrected chi connectivity index (χ3v) is 13.6. The molecule has 4 fully saturated rings. The Balaban J connectivity index is 1.53. The maximum absolute atomic E-state index is 14.5. The van der Waals surface area contributed by atoms with Crippen LogP contribution in [0.25, 0.3) is 4.85 Å². The molecule has 6 nitrogen and oxygen atoms in total. The maximum Gasteiger partial charge on any atom is 0.312 e. The van der Waals surface area contributed by atoms with E-state index in [2.05, 4.69) is 46.4 Å². The van der Waals surface area contributed by atoms with E-state index in [1.165, 1.54) is 7.11 Å². The van der Waals surface area contributed by atoms with Crippen LogP contribution < -0.4 is 0 Å². The van der Waals surface area contributed by atoms with Crippen molar-refractivity contribution in [2.45, 2.75) is 98.7 Å². The predicted molar refractivity (Wildman–Crippen MR) is 147 cm³/mol. The summed E-state index contributed by atoms with van der Waals surface area (Å²) in [5.41, 5.74) is -0.873. The van der Waals surface area contributed by atoms with Crippen LogP contribution in [0.3, 0.4) is 0 Å². The first-order valence-electron chi connectivity index (χ1n) is 14.9. The van der Waals surface area contributed by atoms with E-state index < -0.39 is 22.0 Å². The highest BCUT2D eigenvalue weighted by molar-refractivity contribution is 5.96. The first-order chi connectivity index (χ1) is 18.1. The average Bonchev–Trinajstić information content (AvgIpc) is 3.19. The smallest absolute Gasteiger partial charge is 0.312 e. The van der Waals surface area contributed by atoms with Gasteiger partial charge >= 0.3 is 5.97 Å². The molecule has 0 amide bonds. The van der Waals surface area contributed by atoms with Gasteiger partial charge in [-0.05, 0) is 85.5 Å². The number of rotatable bonds is 1. The van der Waals surface area contributed by atoms with Crippen LogP contribution in [-0.4, -0.2) is 36.4 Å². The quantitative estimate of drug-likeness (QED) is 0.317. The molecule has 0 radical (unpaired) electrons. The van der Waals surface area contributed by atoms with Crippen molar-refractivity contribution >= 4 is 11.8 Å². The molecule has 1 aliphatic heterocycles. The van der Waals surface area contributed by atoms with E-state index in [1.807, 2.05) is 12.2 Å². The summed E-state index contributed by atoms with van der Waals surface area (Å²) in [5, 5.41) is 11.7. The summed E-state index contributed by atoms with van der Waals surface area (Å²) in [7, 11) is 1.49. The Kier molecular flexibility index (Phi) is 5.48. The fourth-order valence-corrected chi connectivity index (χ4v) is 11.1. The lowest BCUT2D eigenvalue weighted by molar-refractivity contribution is -0.230. The third kappa shape index (κ3) is 3.00. The summed E-state index contributed by atoms with van der Waals surface area (Å²) in [6, 6.07) is 0. The van der Waals surface area contributed by atoms with Crippen LogP contribution in [-0.2, 0) is 19.1 Å². The van der Waals surface area contributed by atoms with Gasteiger partial charge < -0.3 is 14.6 Å². The first kappa shape index (κ1) is 27.2. The second-order valence-electron chi connectivity index (χ2n) is 15.5. The third-order valence-electron chi connectivity index (χ3n) is 13.6. The molecule has 9 atom stereocenters. The van der Waals surface area contributed by atoms with Gasteiger partial charge in [0.2, 0.25) is 11.5 Å². The van der Waals surface area contributed by atoms with Crippen molar-refractivity contribution in [3.05, 3.63) is 34.8 Å². The van der Waals surface area contributed by atoms with E-state index in [0.29, 0.717) is 13.0 Å². The molecule has 6 aliphatic rings. The Morgan fingerprint density at radius 2 is 1.74 bits per heavy atom. The summed E-state index contributed by atoms with van der Waals surface area (Å²) in [6.45, 7) is 21.9. The van der Waals surface area contributed by atoms with E-state index in [4.69, 9.17) is 16.0 Å². The number of aliphatic hydroxyl groups is 1. The topological polar surface area (TPSA) is 77.2 Å². The Bertz CT molecular complexity index is 1260. The minimum atomic E-state index is -1.57. The Morgan fingerprint density at radius 3 is 2.41 bits per heavy atom. The van der Waals surface area contributed by atoms with Gasteiger partial charge in [-0.15, -0.1) is 0 Å². The maximum atomic E-state index is 14.5. The number of esters is 1. The number of carbonyl (C=O) groups is 2. The highest BCUT2D eigenvalue weighted by atomic mass is 16.6. The summed E-state index contributed by atoms with van der Waals surface area (Å²) in [4.78, 5) is 31.7. The van der Waals surface area contributed by atoms with Gasteiger partial charge in [0.15, 0.2) is 5.78 Å². The van der Waals surface area contributed by atoms with Gasteiger partial charge in [0.1, 0.15) is 0 Å². The summed E-state index contributed by atoms with van der Waals surface area (Å²) in [5.74, 6) is -1.81. The Morgan fingerprint density at radius 1 is 1.05 bits per heavy atom. The zero-order valence-electron chi connectivity index (χ0n) is 24.8. The van der Waals surface area contributed by atoms with Crippen LogP contribution in [0.15, 0.2) is 23.4 Å². The fraction of sp³-hybridized carbons (Fsp3) is 0.788. The number of fused-ring (bicyclic) bond motifs is 9. The lowest BCUT2D eigenvalue weighted by atomic mass is 9.34. The molecule has 5 aliphatic carbocycles. The molecule has 1 N–H and O–H groups in total. The highest BCUT2D eigenvalue weighted by Crippen LogP contribution is 2.76. The molecule has 1 unspecified atom stereocenters. The lowest BCUT2D eigenvalue weighted by Gasteiger charge is -2.69. The van der Waals surface area contributed by atoms with Crippen molar-refractivity contribution in [1.82, 2.24) is 0 Å². The number of allylic oxidation sites excluding steroid dienone is 3. The SMILES string of the molecule is [C-]#[N+]C1=C[C@]2(C)C3=CC(=O)[C@@H]4[C@@H]5CC(C)(C)CC[C@]5(C(=O)OC)CC[C@@]4(C)[C@]3(C)CC[C@H]2[C@]2(C)CCOC12O. The van der Waals surface area contributed by atoms with E-state index in [1.54, 1.807) is 0 Å². The summed E-state index contributed by atoms with van der Waals surface area (Å²) >= 11 is 0. The largest absolute Gasteiger partial charge is 0.469 e. The van der Waals surface area contributed by atoms with Gasteiger partial charge in [0.25, 0.3) is 0 Å².